The molecule has 0 atom stereocenters. The third kappa shape index (κ3) is 2.29. The van der Waals surface area contributed by atoms with Crippen LogP contribution in [0.25, 0.3) is 11.1 Å². The van der Waals surface area contributed by atoms with Crippen LogP contribution in [-0.2, 0) is 6.54 Å². The highest BCUT2D eigenvalue weighted by atomic mass is 16.3. The Bertz CT molecular complexity index is 601. The van der Waals surface area contributed by atoms with Gasteiger partial charge in [-0.3, -0.25) is 4.90 Å². The summed E-state index contributed by atoms with van der Waals surface area (Å²) in [6.45, 7) is 7.67. The average Bonchev–Trinajstić information content (AvgIpc) is 3.04. The Morgan fingerprint density at radius 3 is 2.80 bits per heavy atom. The van der Waals surface area contributed by atoms with Crippen LogP contribution in [0.1, 0.15) is 39.0 Å². The topological polar surface area (TPSA) is 55.3 Å². The molecule has 20 heavy (non-hydrogen) atoms. The summed E-state index contributed by atoms with van der Waals surface area (Å²) in [5, 5.41) is 0. The molecule has 3 rings (SSSR count). The number of oxazole rings is 1. The normalized spacial score (nSPS) is 18.9. The fraction of sp³-hybridized carbons (Fsp3) is 0.562. The van der Waals surface area contributed by atoms with Crippen molar-refractivity contribution >= 4 is 16.8 Å². The van der Waals surface area contributed by atoms with Crippen molar-refractivity contribution < 1.29 is 4.42 Å². The Morgan fingerprint density at radius 2 is 2.15 bits per heavy atom. The van der Waals surface area contributed by atoms with Crippen LogP contribution in [0.4, 0.5) is 5.69 Å². The first kappa shape index (κ1) is 13.4. The lowest BCUT2D eigenvalue weighted by Crippen LogP contribution is -2.26. The summed E-state index contributed by atoms with van der Waals surface area (Å²) < 4.78 is 5.81. The molecule has 1 fully saturated rings. The monoisotopic (exact) mass is 273 g/mol. The van der Waals surface area contributed by atoms with E-state index in [4.69, 9.17) is 10.2 Å². The number of fused-ring (bicyclic) bond motifs is 1. The molecule has 0 unspecified atom stereocenters. The van der Waals surface area contributed by atoms with Gasteiger partial charge in [0.1, 0.15) is 5.52 Å². The van der Waals surface area contributed by atoms with Crippen molar-refractivity contribution in [2.45, 2.75) is 39.7 Å². The lowest BCUT2D eigenvalue weighted by Gasteiger charge is -2.26. The van der Waals surface area contributed by atoms with Gasteiger partial charge in [0, 0.05) is 6.54 Å². The van der Waals surface area contributed by atoms with Crippen molar-refractivity contribution in [2.24, 2.45) is 5.41 Å². The van der Waals surface area contributed by atoms with Gasteiger partial charge in [-0.05, 0) is 43.4 Å². The predicted octanol–water partition coefficient (Wildman–Crippen LogP) is 3.42. The molecule has 1 saturated heterocycles. The first-order valence-electron chi connectivity index (χ1n) is 7.52. The summed E-state index contributed by atoms with van der Waals surface area (Å²) in [5.41, 5.74) is 8.69. The van der Waals surface area contributed by atoms with Gasteiger partial charge in [0.15, 0.2) is 5.58 Å². The third-order valence-electron chi connectivity index (χ3n) is 4.87. The molecule has 4 heteroatoms. The molecular formula is C16H23N3O. The number of anilines is 1. The van der Waals surface area contributed by atoms with Crippen LogP contribution in [0.2, 0.25) is 0 Å². The van der Waals surface area contributed by atoms with Crippen molar-refractivity contribution in [1.82, 2.24) is 9.88 Å². The Kier molecular flexibility index (Phi) is 3.42. The van der Waals surface area contributed by atoms with E-state index in [0.29, 0.717) is 11.1 Å². The molecule has 0 radical (unpaired) electrons. The highest BCUT2D eigenvalue weighted by molar-refractivity contribution is 5.85. The first-order chi connectivity index (χ1) is 9.65. The Labute approximate surface area is 120 Å². The van der Waals surface area contributed by atoms with Gasteiger partial charge >= 0.3 is 0 Å². The fourth-order valence-corrected chi connectivity index (χ4v) is 3.26. The lowest BCUT2D eigenvalue weighted by atomic mass is 9.82. The van der Waals surface area contributed by atoms with Crippen LogP contribution in [0.15, 0.2) is 22.6 Å². The Balaban J connectivity index is 1.76. The molecule has 4 nitrogen and oxygen atoms in total. The first-order valence-corrected chi connectivity index (χ1v) is 7.52. The van der Waals surface area contributed by atoms with Gasteiger partial charge in [-0.15, -0.1) is 0 Å². The SMILES string of the molecule is CCC1(CC)CCN(Cc2nc3c(N)cccc3o2)C1. The minimum Gasteiger partial charge on any atom is -0.439 e. The van der Waals surface area contributed by atoms with Crippen LogP contribution >= 0.6 is 0 Å². The number of hydrogen-bond acceptors (Lipinski definition) is 4. The molecule has 1 aromatic heterocycles. The third-order valence-corrected chi connectivity index (χ3v) is 4.87. The molecule has 0 bridgehead atoms. The van der Waals surface area contributed by atoms with Crippen molar-refractivity contribution in [3.63, 3.8) is 0 Å². The van der Waals surface area contributed by atoms with E-state index in [1.807, 2.05) is 18.2 Å². The smallest absolute Gasteiger partial charge is 0.209 e. The van der Waals surface area contributed by atoms with Crippen molar-refractivity contribution in [2.75, 3.05) is 18.8 Å². The number of para-hydroxylation sites is 1. The molecule has 2 N–H and O–H groups in total. The van der Waals surface area contributed by atoms with E-state index >= 15 is 0 Å². The molecule has 0 aliphatic carbocycles. The van der Waals surface area contributed by atoms with Gasteiger partial charge < -0.3 is 10.2 Å². The van der Waals surface area contributed by atoms with E-state index in [0.717, 1.165) is 36.6 Å². The van der Waals surface area contributed by atoms with Gasteiger partial charge in [0.05, 0.1) is 12.2 Å². The molecular weight excluding hydrogens is 250 g/mol. The summed E-state index contributed by atoms with van der Waals surface area (Å²) >= 11 is 0. The minimum atomic E-state index is 0.491. The summed E-state index contributed by atoms with van der Waals surface area (Å²) in [6, 6.07) is 5.69. The number of nitrogens with two attached hydrogens (primary N) is 1. The Hall–Kier alpha value is -1.55. The average molecular weight is 273 g/mol. The zero-order valence-electron chi connectivity index (χ0n) is 12.4. The highest BCUT2D eigenvalue weighted by Crippen LogP contribution is 2.37. The number of nitrogen functional groups attached to an aromatic ring is 1. The molecule has 1 aliphatic rings. The second kappa shape index (κ2) is 5.09. The van der Waals surface area contributed by atoms with Crippen molar-refractivity contribution in [1.29, 1.82) is 0 Å². The maximum Gasteiger partial charge on any atom is 0.209 e. The van der Waals surface area contributed by atoms with Crippen LogP contribution in [0, 0.1) is 5.41 Å². The maximum absolute atomic E-state index is 5.93. The second-order valence-corrected chi connectivity index (χ2v) is 5.97. The number of aromatic nitrogens is 1. The standard InChI is InChI=1S/C16H23N3O/c1-3-16(4-2)8-9-19(11-16)10-14-18-15-12(17)6-5-7-13(15)20-14/h5-7H,3-4,8-11,17H2,1-2H3. The zero-order valence-corrected chi connectivity index (χ0v) is 12.4. The lowest BCUT2D eigenvalue weighted by molar-refractivity contribution is 0.224. The van der Waals surface area contributed by atoms with E-state index in [1.165, 1.54) is 19.3 Å². The number of nitrogens with zero attached hydrogens (tertiary/aromatic N) is 2. The highest BCUT2D eigenvalue weighted by Gasteiger charge is 2.35. The molecule has 2 heterocycles. The summed E-state index contributed by atoms with van der Waals surface area (Å²) in [5.74, 6) is 0.779. The number of hydrogen-bond donors (Lipinski definition) is 1. The molecule has 0 spiro atoms. The molecule has 1 aliphatic heterocycles. The number of rotatable bonds is 4. The zero-order chi connectivity index (χ0) is 14.2. The summed E-state index contributed by atoms with van der Waals surface area (Å²) in [6.07, 6.45) is 3.78. The molecule has 108 valence electrons. The van der Waals surface area contributed by atoms with Crippen molar-refractivity contribution in [3.05, 3.63) is 24.1 Å². The van der Waals surface area contributed by atoms with Crippen LogP contribution in [-0.4, -0.2) is 23.0 Å². The fourth-order valence-electron chi connectivity index (χ4n) is 3.26. The molecule has 0 saturated carbocycles. The van der Waals surface area contributed by atoms with Crippen LogP contribution < -0.4 is 5.73 Å². The predicted molar refractivity (Wildman–Crippen MR) is 81.3 cm³/mol. The van der Waals surface area contributed by atoms with Gasteiger partial charge in [0.25, 0.3) is 0 Å². The van der Waals surface area contributed by atoms with Crippen LogP contribution in [0.3, 0.4) is 0 Å². The van der Waals surface area contributed by atoms with E-state index < -0.39 is 0 Å². The van der Waals surface area contributed by atoms with E-state index in [-0.39, 0.29) is 0 Å². The van der Waals surface area contributed by atoms with E-state index in [1.54, 1.807) is 0 Å². The number of benzene rings is 1. The van der Waals surface area contributed by atoms with Gasteiger partial charge in [-0.2, -0.15) is 0 Å². The van der Waals surface area contributed by atoms with Gasteiger partial charge in [0.2, 0.25) is 5.89 Å². The largest absolute Gasteiger partial charge is 0.439 e. The van der Waals surface area contributed by atoms with Gasteiger partial charge in [-0.25, -0.2) is 4.98 Å². The maximum atomic E-state index is 5.93. The molecule has 2 aromatic rings. The molecule has 0 amide bonds. The van der Waals surface area contributed by atoms with Crippen molar-refractivity contribution in [3.8, 4) is 0 Å². The quantitative estimate of drug-likeness (QED) is 0.867. The van der Waals surface area contributed by atoms with E-state index in [2.05, 4.69) is 23.7 Å². The Morgan fingerprint density at radius 1 is 1.35 bits per heavy atom. The summed E-state index contributed by atoms with van der Waals surface area (Å²) in [4.78, 5) is 6.99. The van der Waals surface area contributed by atoms with Crippen LogP contribution in [0.5, 0.6) is 0 Å². The van der Waals surface area contributed by atoms with E-state index in [9.17, 15) is 0 Å². The summed E-state index contributed by atoms with van der Waals surface area (Å²) in [7, 11) is 0. The number of likely N-dealkylation sites (tertiary alicyclic amines) is 1. The minimum absolute atomic E-state index is 0.491. The van der Waals surface area contributed by atoms with Gasteiger partial charge in [-0.1, -0.05) is 19.9 Å². The second-order valence-electron chi connectivity index (χ2n) is 5.97. The molecule has 1 aromatic carbocycles.